The maximum Gasteiger partial charge on any atom is 0.229 e. The van der Waals surface area contributed by atoms with Gasteiger partial charge in [-0.1, -0.05) is 37.6 Å². The van der Waals surface area contributed by atoms with Crippen molar-refractivity contribution >= 4 is 16.8 Å². The van der Waals surface area contributed by atoms with Crippen molar-refractivity contribution < 1.29 is 4.79 Å². The fourth-order valence-electron chi connectivity index (χ4n) is 1.84. The molecule has 0 fully saturated rings. The van der Waals surface area contributed by atoms with Crippen LogP contribution in [0.2, 0.25) is 0 Å². The molecule has 0 aliphatic heterocycles. The zero-order valence-electron chi connectivity index (χ0n) is 9.67. The second-order valence-corrected chi connectivity index (χ2v) is 4.76. The first-order chi connectivity index (χ1) is 6.93. The van der Waals surface area contributed by atoms with E-state index in [4.69, 9.17) is 11.6 Å². The number of aryl methyl sites for hydroxylation is 2. The average molecular weight is 225 g/mol. The predicted molar refractivity (Wildman–Crippen MR) is 64.4 cm³/mol. The summed E-state index contributed by atoms with van der Waals surface area (Å²) in [5.41, 5.74) is 3.36. The number of hydrogen-bond acceptors (Lipinski definition) is 1. The molecule has 82 valence electrons. The van der Waals surface area contributed by atoms with E-state index in [-0.39, 0.29) is 17.1 Å². The minimum atomic E-state index is -0.265. The van der Waals surface area contributed by atoms with Crippen LogP contribution in [-0.2, 0) is 4.79 Å². The van der Waals surface area contributed by atoms with Crippen LogP contribution in [0.25, 0.3) is 0 Å². The maximum absolute atomic E-state index is 11.4. The number of benzene rings is 1. The van der Waals surface area contributed by atoms with Crippen LogP contribution in [0.15, 0.2) is 18.2 Å². The lowest BCUT2D eigenvalue weighted by Crippen LogP contribution is -2.15. The summed E-state index contributed by atoms with van der Waals surface area (Å²) in [6.07, 6.45) is 0. The SMILES string of the molecule is Cc1ccc(C)c(C(C(=O)Cl)C(C)C)c1. The molecule has 0 amide bonds. The van der Waals surface area contributed by atoms with Gasteiger partial charge >= 0.3 is 0 Å². The molecule has 1 atom stereocenters. The van der Waals surface area contributed by atoms with E-state index in [1.165, 1.54) is 5.56 Å². The van der Waals surface area contributed by atoms with E-state index in [0.717, 1.165) is 11.1 Å². The number of hydrogen-bond donors (Lipinski definition) is 0. The average Bonchev–Trinajstić information content (AvgIpc) is 2.10. The van der Waals surface area contributed by atoms with Gasteiger partial charge in [-0.05, 0) is 42.5 Å². The summed E-state index contributed by atoms with van der Waals surface area (Å²) in [7, 11) is 0. The Morgan fingerprint density at radius 2 is 1.87 bits per heavy atom. The summed E-state index contributed by atoms with van der Waals surface area (Å²) in [4.78, 5) is 11.4. The van der Waals surface area contributed by atoms with Crippen molar-refractivity contribution in [3.63, 3.8) is 0 Å². The summed E-state index contributed by atoms with van der Waals surface area (Å²) < 4.78 is 0. The third kappa shape index (κ3) is 2.82. The van der Waals surface area contributed by atoms with E-state index in [0.29, 0.717) is 0 Å². The van der Waals surface area contributed by atoms with Gasteiger partial charge in [-0.25, -0.2) is 0 Å². The van der Waals surface area contributed by atoms with Crippen molar-refractivity contribution in [2.24, 2.45) is 5.92 Å². The van der Waals surface area contributed by atoms with Crippen LogP contribution in [0, 0.1) is 19.8 Å². The molecule has 1 aromatic carbocycles. The number of rotatable bonds is 3. The van der Waals surface area contributed by atoms with Gasteiger partial charge in [0.15, 0.2) is 0 Å². The Bertz CT molecular complexity index is 369. The molecule has 0 N–H and O–H groups in total. The first-order valence-electron chi connectivity index (χ1n) is 5.20. The summed E-state index contributed by atoms with van der Waals surface area (Å²) in [6.45, 7) is 8.09. The molecule has 0 bridgehead atoms. The van der Waals surface area contributed by atoms with E-state index in [1.54, 1.807) is 0 Å². The smallest absolute Gasteiger partial charge is 0.229 e. The number of carbonyl (C=O) groups excluding carboxylic acids is 1. The second kappa shape index (κ2) is 4.80. The first-order valence-corrected chi connectivity index (χ1v) is 5.57. The molecular formula is C13H17ClO. The molecule has 0 heterocycles. The summed E-state index contributed by atoms with van der Waals surface area (Å²) in [5.74, 6) is 0.0436. The van der Waals surface area contributed by atoms with Crippen molar-refractivity contribution in [1.29, 1.82) is 0 Å². The van der Waals surface area contributed by atoms with Crippen molar-refractivity contribution in [3.05, 3.63) is 34.9 Å². The van der Waals surface area contributed by atoms with Crippen molar-refractivity contribution in [2.45, 2.75) is 33.6 Å². The molecule has 1 rings (SSSR count). The summed E-state index contributed by atoms with van der Waals surface area (Å²) >= 11 is 5.66. The number of halogens is 1. The Morgan fingerprint density at radius 1 is 1.27 bits per heavy atom. The molecule has 0 saturated heterocycles. The molecule has 1 aromatic rings. The zero-order chi connectivity index (χ0) is 11.6. The monoisotopic (exact) mass is 224 g/mol. The molecule has 15 heavy (non-hydrogen) atoms. The van der Waals surface area contributed by atoms with Crippen molar-refractivity contribution in [1.82, 2.24) is 0 Å². The summed E-state index contributed by atoms with van der Waals surface area (Å²) in [6, 6.07) is 6.15. The number of carbonyl (C=O) groups is 1. The quantitative estimate of drug-likeness (QED) is 0.714. The lowest BCUT2D eigenvalue weighted by molar-refractivity contribution is -0.113. The molecule has 0 aliphatic carbocycles. The molecule has 1 nitrogen and oxygen atoms in total. The molecule has 0 radical (unpaired) electrons. The Balaban J connectivity index is 3.22. The van der Waals surface area contributed by atoms with Gasteiger partial charge in [-0.3, -0.25) is 4.79 Å². The normalized spacial score (nSPS) is 12.9. The largest absolute Gasteiger partial charge is 0.281 e. The topological polar surface area (TPSA) is 17.1 Å². The highest BCUT2D eigenvalue weighted by Gasteiger charge is 2.23. The fraction of sp³-hybridized carbons (Fsp3) is 0.462. The molecule has 0 aliphatic rings. The van der Waals surface area contributed by atoms with Crippen LogP contribution in [0.5, 0.6) is 0 Å². The Kier molecular flexibility index (Phi) is 3.92. The maximum atomic E-state index is 11.4. The van der Waals surface area contributed by atoms with Crippen LogP contribution in [-0.4, -0.2) is 5.24 Å². The van der Waals surface area contributed by atoms with Gasteiger partial charge in [0.25, 0.3) is 0 Å². The van der Waals surface area contributed by atoms with Gasteiger partial charge in [0, 0.05) is 0 Å². The van der Waals surface area contributed by atoms with Gasteiger partial charge < -0.3 is 0 Å². The molecule has 0 spiro atoms. The lowest BCUT2D eigenvalue weighted by atomic mass is 9.86. The van der Waals surface area contributed by atoms with E-state index >= 15 is 0 Å². The molecule has 2 heteroatoms. The second-order valence-electron chi connectivity index (χ2n) is 4.39. The third-order valence-electron chi connectivity index (χ3n) is 2.68. The van der Waals surface area contributed by atoms with Gasteiger partial charge in [-0.2, -0.15) is 0 Å². The molecule has 1 unspecified atom stereocenters. The predicted octanol–water partition coefficient (Wildman–Crippen LogP) is 3.81. The first kappa shape index (κ1) is 12.3. The highest BCUT2D eigenvalue weighted by Crippen LogP contribution is 2.29. The van der Waals surface area contributed by atoms with Crippen LogP contribution in [0.3, 0.4) is 0 Å². The molecule has 0 aromatic heterocycles. The van der Waals surface area contributed by atoms with E-state index < -0.39 is 0 Å². The fourth-order valence-corrected chi connectivity index (χ4v) is 2.21. The van der Waals surface area contributed by atoms with Crippen molar-refractivity contribution in [2.75, 3.05) is 0 Å². The molecule has 0 saturated carbocycles. The van der Waals surface area contributed by atoms with Gasteiger partial charge in [0.1, 0.15) is 0 Å². The Morgan fingerprint density at radius 3 is 2.33 bits per heavy atom. The molecular weight excluding hydrogens is 208 g/mol. The third-order valence-corrected chi connectivity index (χ3v) is 2.92. The van der Waals surface area contributed by atoms with Crippen LogP contribution in [0.4, 0.5) is 0 Å². The van der Waals surface area contributed by atoms with E-state index in [2.05, 4.69) is 12.1 Å². The Hall–Kier alpha value is -0.820. The van der Waals surface area contributed by atoms with E-state index in [1.807, 2.05) is 33.8 Å². The van der Waals surface area contributed by atoms with Gasteiger partial charge in [0.2, 0.25) is 5.24 Å². The van der Waals surface area contributed by atoms with Crippen LogP contribution < -0.4 is 0 Å². The van der Waals surface area contributed by atoms with E-state index in [9.17, 15) is 4.79 Å². The van der Waals surface area contributed by atoms with Gasteiger partial charge in [0.05, 0.1) is 5.92 Å². The zero-order valence-corrected chi connectivity index (χ0v) is 10.4. The highest BCUT2D eigenvalue weighted by atomic mass is 35.5. The highest BCUT2D eigenvalue weighted by molar-refractivity contribution is 6.64. The lowest BCUT2D eigenvalue weighted by Gasteiger charge is -2.19. The van der Waals surface area contributed by atoms with Crippen LogP contribution >= 0.6 is 11.6 Å². The van der Waals surface area contributed by atoms with Crippen LogP contribution in [0.1, 0.15) is 36.5 Å². The summed E-state index contributed by atoms with van der Waals surface area (Å²) in [5, 5.41) is -0.265. The van der Waals surface area contributed by atoms with Crippen molar-refractivity contribution in [3.8, 4) is 0 Å². The standard InChI is InChI=1S/C13H17ClO/c1-8(2)12(13(14)15)11-7-9(3)5-6-10(11)4/h5-8,12H,1-4H3. The van der Waals surface area contributed by atoms with Gasteiger partial charge in [-0.15, -0.1) is 0 Å². The minimum Gasteiger partial charge on any atom is -0.281 e. The Labute approximate surface area is 96.5 Å². The minimum absolute atomic E-state index is 0.188.